The maximum absolute atomic E-state index is 13.3. The maximum Gasteiger partial charge on any atom is 0.251 e. The number of methoxy groups -OCH3 is 1. The normalized spacial score (nSPS) is 12.5. The topological polar surface area (TPSA) is 98.6 Å². The molecule has 1 aromatic heterocycles. The zero-order chi connectivity index (χ0) is 27.9. The Morgan fingerprint density at radius 3 is 2.48 bits per heavy atom. The first-order chi connectivity index (χ1) is 19.6. The Kier molecular flexibility index (Phi) is 8.65. The Labute approximate surface area is 237 Å². The molecule has 1 N–H and O–H groups in total. The number of benzene rings is 3. The molecule has 2 heterocycles. The highest BCUT2D eigenvalue weighted by Crippen LogP contribution is 2.29. The molecule has 1 aliphatic rings. The molecule has 0 spiro atoms. The molecule has 10 heteroatoms. The molecule has 0 fully saturated rings. The highest BCUT2D eigenvalue weighted by Gasteiger charge is 2.24. The number of para-hydroxylation sites is 1. The van der Waals surface area contributed by atoms with Crippen molar-refractivity contribution in [1.29, 1.82) is 0 Å². The van der Waals surface area contributed by atoms with E-state index in [2.05, 4.69) is 21.6 Å². The summed E-state index contributed by atoms with van der Waals surface area (Å²) in [5, 5.41) is 12.3. The number of aromatic nitrogens is 3. The molecule has 0 atom stereocenters. The Bertz CT molecular complexity index is 1470. The number of fused-ring (bicyclic) bond motifs is 1. The van der Waals surface area contributed by atoms with E-state index in [1.54, 1.807) is 31.4 Å². The summed E-state index contributed by atoms with van der Waals surface area (Å²) in [7, 11) is 1.58. The number of ether oxygens (including phenoxy) is 2. The summed E-state index contributed by atoms with van der Waals surface area (Å²) in [6.45, 7) is 3.35. The highest BCUT2D eigenvalue weighted by atomic mass is 32.2. The standard InChI is InChI=1S/C30H31N5O4S/c1-3-39-25-16-12-23(13-17-25)35-27(19-31-29(37)22-10-14-24(38-2)15-11-22)32-33-30(35)40-20-28(36)34-18-6-8-21-7-4-5-9-26(21)34/h4-5,7,9-17H,3,6,8,18-20H2,1-2H3,(H,31,37). The van der Waals surface area contributed by atoms with Gasteiger partial charge in [-0.1, -0.05) is 30.0 Å². The number of hydrogen-bond acceptors (Lipinski definition) is 7. The van der Waals surface area contributed by atoms with Gasteiger partial charge in [0.15, 0.2) is 11.0 Å². The van der Waals surface area contributed by atoms with Crippen LogP contribution in [0.4, 0.5) is 5.69 Å². The minimum atomic E-state index is -0.239. The van der Waals surface area contributed by atoms with Crippen LogP contribution >= 0.6 is 11.8 Å². The lowest BCUT2D eigenvalue weighted by Gasteiger charge is -2.29. The minimum absolute atomic E-state index is 0.0211. The van der Waals surface area contributed by atoms with Gasteiger partial charge in [-0.25, -0.2) is 0 Å². The second-order valence-electron chi connectivity index (χ2n) is 9.14. The van der Waals surface area contributed by atoms with E-state index in [9.17, 15) is 9.59 Å². The van der Waals surface area contributed by atoms with Crippen molar-refractivity contribution in [1.82, 2.24) is 20.1 Å². The number of nitrogens with zero attached hydrogens (tertiary/aromatic N) is 4. The zero-order valence-electron chi connectivity index (χ0n) is 22.5. The van der Waals surface area contributed by atoms with Crippen LogP contribution in [0, 0.1) is 0 Å². The molecule has 4 aromatic rings. The second kappa shape index (κ2) is 12.7. The van der Waals surface area contributed by atoms with Crippen molar-refractivity contribution in [2.75, 3.05) is 30.9 Å². The third-order valence-corrected chi connectivity index (χ3v) is 7.52. The van der Waals surface area contributed by atoms with E-state index in [1.807, 2.05) is 58.9 Å². The van der Waals surface area contributed by atoms with Gasteiger partial charge in [0.25, 0.3) is 5.91 Å². The SMILES string of the molecule is CCOc1ccc(-n2c(CNC(=O)c3ccc(OC)cc3)nnc2SCC(=O)N2CCCc3ccccc32)cc1. The molecule has 9 nitrogen and oxygen atoms in total. The third-order valence-electron chi connectivity index (χ3n) is 6.60. The number of carbonyl (C=O) groups is 2. The maximum atomic E-state index is 13.3. The lowest BCUT2D eigenvalue weighted by molar-refractivity contribution is -0.116. The fourth-order valence-electron chi connectivity index (χ4n) is 4.63. The molecule has 0 saturated carbocycles. The van der Waals surface area contributed by atoms with E-state index in [0.29, 0.717) is 35.4 Å². The number of rotatable bonds is 10. The van der Waals surface area contributed by atoms with E-state index >= 15 is 0 Å². The summed E-state index contributed by atoms with van der Waals surface area (Å²) in [6, 6.07) is 22.5. The molecule has 0 unspecified atom stereocenters. The van der Waals surface area contributed by atoms with E-state index in [4.69, 9.17) is 9.47 Å². The molecule has 0 radical (unpaired) electrons. The first kappa shape index (κ1) is 27.3. The van der Waals surface area contributed by atoms with Crippen LogP contribution in [0.15, 0.2) is 78.0 Å². The molecule has 206 valence electrons. The summed E-state index contributed by atoms with van der Waals surface area (Å²) in [4.78, 5) is 27.9. The molecule has 1 aliphatic heterocycles. The van der Waals surface area contributed by atoms with Gasteiger partial charge >= 0.3 is 0 Å². The second-order valence-corrected chi connectivity index (χ2v) is 10.1. The predicted molar refractivity (Wildman–Crippen MR) is 155 cm³/mol. The summed E-state index contributed by atoms with van der Waals surface area (Å²) in [5.74, 6) is 1.97. The van der Waals surface area contributed by atoms with Crippen LogP contribution in [0.2, 0.25) is 0 Å². The average molecular weight is 558 g/mol. The van der Waals surface area contributed by atoms with Gasteiger partial charge in [-0.05, 0) is 79.9 Å². The molecule has 5 rings (SSSR count). The van der Waals surface area contributed by atoms with Crippen LogP contribution in [0.1, 0.15) is 35.1 Å². The Hall–Kier alpha value is -4.31. The van der Waals surface area contributed by atoms with Gasteiger partial charge in [-0.2, -0.15) is 0 Å². The first-order valence-corrected chi connectivity index (χ1v) is 14.2. The number of nitrogens with one attached hydrogen (secondary N) is 1. The van der Waals surface area contributed by atoms with E-state index < -0.39 is 0 Å². The van der Waals surface area contributed by atoms with Crippen molar-refractivity contribution in [3.8, 4) is 17.2 Å². The van der Waals surface area contributed by atoms with Gasteiger partial charge in [-0.3, -0.25) is 14.2 Å². The van der Waals surface area contributed by atoms with E-state index in [0.717, 1.165) is 30.0 Å². The van der Waals surface area contributed by atoms with Gasteiger partial charge in [0, 0.05) is 23.5 Å². The quantitative estimate of drug-likeness (QED) is 0.283. The average Bonchev–Trinajstić information content (AvgIpc) is 3.41. The number of hydrogen-bond donors (Lipinski definition) is 1. The van der Waals surface area contributed by atoms with Gasteiger partial charge < -0.3 is 19.7 Å². The van der Waals surface area contributed by atoms with Crippen LogP contribution in [0.25, 0.3) is 5.69 Å². The number of anilines is 1. The number of thioether (sulfide) groups is 1. The number of carbonyl (C=O) groups excluding carboxylic acids is 2. The molecule has 0 saturated heterocycles. The van der Waals surface area contributed by atoms with Crippen LogP contribution in [-0.2, 0) is 17.8 Å². The van der Waals surface area contributed by atoms with Crippen molar-refractivity contribution < 1.29 is 19.1 Å². The Morgan fingerprint density at radius 2 is 1.73 bits per heavy atom. The largest absolute Gasteiger partial charge is 0.497 e. The van der Waals surface area contributed by atoms with Crippen molar-refractivity contribution >= 4 is 29.3 Å². The van der Waals surface area contributed by atoms with Crippen molar-refractivity contribution in [2.45, 2.75) is 31.5 Å². The first-order valence-electron chi connectivity index (χ1n) is 13.2. The van der Waals surface area contributed by atoms with E-state index in [1.165, 1.54) is 17.3 Å². The monoisotopic (exact) mass is 557 g/mol. The zero-order valence-corrected chi connectivity index (χ0v) is 23.3. The molecule has 2 amide bonds. The van der Waals surface area contributed by atoms with Crippen LogP contribution in [-0.4, -0.2) is 52.6 Å². The van der Waals surface area contributed by atoms with Crippen LogP contribution in [0.5, 0.6) is 11.5 Å². The van der Waals surface area contributed by atoms with Crippen molar-refractivity contribution in [2.24, 2.45) is 0 Å². The molecule has 0 bridgehead atoms. The lowest BCUT2D eigenvalue weighted by atomic mass is 10.0. The van der Waals surface area contributed by atoms with Crippen LogP contribution < -0.4 is 19.7 Å². The number of amides is 2. The fourth-order valence-corrected chi connectivity index (χ4v) is 5.47. The number of aryl methyl sites for hydroxylation is 1. The molecular formula is C30H31N5O4S. The summed E-state index contributed by atoms with van der Waals surface area (Å²) in [5.41, 5.74) is 3.49. The van der Waals surface area contributed by atoms with Gasteiger partial charge in [0.1, 0.15) is 11.5 Å². The van der Waals surface area contributed by atoms with Gasteiger partial charge in [0.05, 0.1) is 26.0 Å². The summed E-state index contributed by atoms with van der Waals surface area (Å²) in [6.07, 6.45) is 1.92. The van der Waals surface area contributed by atoms with Gasteiger partial charge in [0.2, 0.25) is 5.91 Å². The van der Waals surface area contributed by atoms with Crippen LogP contribution in [0.3, 0.4) is 0 Å². The minimum Gasteiger partial charge on any atom is -0.497 e. The molecule has 3 aromatic carbocycles. The molecular weight excluding hydrogens is 526 g/mol. The van der Waals surface area contributed by atoms with Crippen molar-refractivity contribution in [3.05, 3.63) is 89.7 Å². The Balaban J connectivity index is 1.35. The predicted octanol–water partition coefficient (Wildman–Crippen LogP) is 4.68. The smallest absolute Gasteiger partial charge is 0.251 e. The summed E-state index contributed by atoms with van der Waals surface area (Å²) >= 11 is 1.33. The van der Waals surface area contributed by atoms with Gasteiger partial charge in [-0.15, -0.1) is 10.2 Å². The highest BCUT2D eigenvalue weighted by molar-refractivity contribution is 7.99. The summed E-state index contributed by atoms with van der Waals surface area (Å²) < 4.78 is 12.6. The third kappa shape index (κ3) is 6.12. The Morgan fingerprint density at radius 1 is 0.975 bits per heavy atom. The molecule has 0 aliphatic carbocycles. The molecule has 40 heavy (non-hydrogen) atoms. The van der Waals surface area contributed by atoms with Crippen molar-refractivity contribution in [3.63, 3.8) is 0 Å². The van der Waals surface area contributed by atoms with E-state index in [-0.39, 0.29) is 24.1 Å². The fraction of sp³-hybridized carbons (Fsp3) is 0.267. The lowest BCUT2D eigenvalue weighted by Crippen LogP contribution is -2.36.